The molecule has 0 bridgehead atoms. The van der Waals surface area contributed by atoms with Gasteiger partial charge in [0.05, 0.1) is 15.5 Å². The summed E-state index contributed by atoms with van der Waals surface area (Å²) in [6.45, 7) is 1.56. The first kappa shape index (κ1) is 15.0. The van der Waals surface area contributed by atoms with E-state index >= 15 is 0 Å². The van der Waals surface area contributed by atoms with Gasteiger partial charge in [-0.05, 0) is 30.7 Å². The second-order valence-corrected chi connectivity index (χ2v) is 5.72. The van der Waals surface area contributed by atoms with Crippen molar-refractivity contribution in [3.63, 3.8) is 0 Å². The van der Waals surface area contributed by atoms with Crippen LogP contribution in [-0.2, 0) is 10.0 Å². The molecule has 0 aliphatic heterocycles. The van der Waals surface area contributed by atoms with Crippen LogP contribution >= 0.6 is 23.2 Å². The Morgan fingerprint density at radius 1 is 1.33 bits per heavy atom. The van der Waals surface area contributed by atoms with Gasteiger partial charge in [0.2, 0.25) is 0 Å². The van der Waals surface area contributed by atoms with E-state index in [4.69, 9.17) is 23.2 Å². The summed E-state index contributed by atoms with van der Waals surface area (Å²) in [4.78, 5) is 0. The Kier molecular flexibility index (Phi) is 5.19. The molecule has 4 nitrogen and oxygen atoms in total. The molecule has 1 N–H and O–H groups in total. The molecule has 1 aromatic carbocycles. The highest BCUT2D eigenvalue weighted by Gasteiger charge is 2.03. The molecule has 0 radical (unpaired) electrons. The predicted molar refractivity (Wildman–Crippen MR) is 76.6 cm³/mol. The minimum Gasteiger partial charge on any atom is -0.376 e. The molecule has 0 saturated heterocycles. The number of amidine groups is 1. The van der Waals surface area contributed by atoms with Crippen LogP contribution in [-0.4, -0.2) is 21.3 Å². The van der Waals surface area contributed by atoms with Crippen LogP contribution < -0.4 is 5.32 Å². The highest BCUT2D eigenvalue weighted by atomic mass is 35.5. The quantitative estimate of drug-likeness (QED) is 0.690. The Morgan fingerprint density at radius 2 is 2.00 bits per heavy atom. The number of hydrogen-bond acceptors (Lipinski definition) is 2. The monoisotopic (exact) mass is 306 g/mol. The van der Waals surface area contributed by atoms with Crippen LogP contribution in [0.1, 0.15) is 12.5 Å². The largest absolute Gasteiger partial charge is 0.376 e. The Morgan fingerprint density at radius 3 is 2.56 bits per heavy atom. The summed E-state index contributed by atoms with van der Waals surface area (Å²) in [7, 11) is -2.05. The summed E-state index contributed by atoms with van der Waals surface area (Å²) in [5.41, 5.74) is 0.630. The zero-order valence-corrected chi connectivity index (χ0v) is 12.1. The van der Waals surface area contributed by atoms with Gasteiger partial charge < -0.3 is 5.32 Å². The molecule has 0 saturated carbocycles. The highest BCUT2D eigenvalue weighted by Crippen LogP contribution is 2.23. The summed E-state index contributed by atoms with van der Waals surface area (Å²) in [5, 5.41) is 4.43. The lowest BCUT2D eigenvalue weighted by atomic mass is 10.2. The van der Waals surface area contributed by atoms with E-state index in [-0.39, 0.29) is 0 Å². The van der Waals surface area contributed by atoms with Crippen LogP contribution in [0.5, 0.6) is 0 Å². The molecular weight excluding hydrogens is 295 g/mol. The third kappa shape index (κ3) is 4.68. The fourth-order valence-electron chi connectivity index (χ4n) is 1.05. The Labute approximate surface area is 116 Å². The Balaban J connectivity index is 2.96. The van der Waals surface area contributed by atoms with Crippen molar-refractivity contribution in [3.8, 4) is 0 Å². The van der Waals surface area contributed by atoms with Gasteiger partial charge in [-0.15, -0.1) is 4.40 Å². The van der Waals surface area contributed by atoms with Crippen molar-refractivity contribution in [2.45, 2.75) is 6.92 Å². The smallest absolute Gasteiger partial charge is 0.277 e. The van der Waals surface area contributed by atoms with Crippen molar-refractivity contribution in [1.29, 1.82) is 0 Å². The molecule has 0 fully saturated rings. The maximum Gasteiger partial charge on any atom is 0.277 e. The summed E-state index contributed by atoms with van der Waals surface area (Å²) in [6.07, 6.45) is 1.41. The fourth-order valence-corrected chi connectivity index (χ4v) is 2.22. The summed E-state index contributed by atoms with van der Waals surface area (Å²) >= 11 is 11.6. The number of benzene rings is 1. The van der Waals surface area contributed by atoms with Crippen molar-refractivity contribution in [1.82, 2.24) is 5.32 Å². The second kappa shape index (κ2) is 6.22. The van der Waals surface area contributed by atoms with Crippen LogP contribution in [0.25, 0.3) is 6.08 Å². The zero-order chi connectivity index (χ0) is 13.8. The van der Waals surface area contributed by atoms with Crippen molar-refractivity contribution < 1.29 is 8.42 Å². The van der Waals surface area contributed by atoms with E-state index in [1.807, 2.05) is 0 Å². The average Bonchev–Trinajstić information content (AvgIpc) is 2.30. The van der Waals surface area contributed by atoms with Crippen LogP contribution in [0.3, 0.4) is 0 Å². The molecular formula is C11H12Cl2N2O2S. The molecule has 0 heterocycles. The van der Waals surface area contributed by atoms with Gasteiger partial charge in [-0.25, -0.2) is 0 Å². The van der Waals surface area contributed by atoms with Crippen LogP contribution in [0.4, 0.5) is 0 Å². The molecule has 18 heavy (non-hydrogen) atoms. The van der Waals surface area contributed by atoms with E-state index in [0.29, 0.717) is 21.4 Å². The predicted octanol–water partition coefficient (Wildman–Crippen LogP) is 2.93. The van der Waals surface area contributed by atoms with E-state index < -0.39 is 10.0 Å². The molecule has 0 aromatic heterocycles. The van der Waals surface area contributed by atoms with Gasteiger partial charge >= 0.3 is 0 Å². The van der Waals surface area contributed by atoms with Gasteiger partial charge in [-0.3, -0.25) is 0 Å². The van der Waals surface area contributed by atoms with Crippen molar-refractivity contribution >= 4 is 45.1 Å². The second-order valence-electron chi connectivity index (χ2n) is 3.42. The van der Waals surface area contributed by atoms with Crippen LogP contribution in [0.15, 0.2) is 28.0 Å². The Hall–Kier alpha value is -1.04. The molecule has 1 rings (SSSR count). The molecule has 98 valence electrons. The van der Waals surface area contributed by atoms with E-state index in [2.05, 4.69) is 9.71 Å². The minimum absolute atomic E-state index is 0.314. The average molecular weight is 307 g/mol. The van der Waals surface area contributed by atoms with Gasteiger partial charge in [-0.1, -0.05) is 29.3 Å². The van der Waals surface area contributed by atoms with E-state index in [0.717, 1.165) is 5.41 Å². The summed E-state index contributed by atoms with van der Waals surface area (Å²) in [6, 6.07) is 4.83. The standard InChI is InChI=1S/C11H12Cl2N2O2S/c1-8(14-2)15-18(16,17)6-5-9-3-4-10(12)11(13)7-9/h3-7H,1-2H3,(H,14,15). The Bertz CT molecular complexity index is 595. The molecule has 0 aliphatic carbocycles. The topological polar surface area (TPSA) is 58.5 Å². The lowest BCUT2D eigenvalue weighted by molar-refractivity contribution is 0.606. The summed E-state index contributed by atoms with van der Waals surface area (Å²) in [5.74, 6) is 0.314. The number of sulfonamides is 1. The van der Waals surface area contributed by atoms with Gasteiger partial charge in [0.15, 0.2) is 0 Å². The molecule has 0 atom stereocenters. The molecule has 0 unspecified atom stereocenters. The third-order valence-electron chi connectivity index (χ3n) is 2.00. The maximum absolute atomic E-state index is 11.6. The first-order chi connectivity index (χ1) is 8.34. The van der Waals surface area contributed by atoms with Gasteiger partial charge in [0.25, 0.3) is 10.0 Å². The lowest BCUT2D eigenvalue weighted by Crippen LogP contribution is -2.15. The van der Waals surface area contributed by atoms with Crippen molar-refractivity contribution in [2.24, 2.45) is 4.40 Å². The first-order valence-corrected chi connectivity index (χ1v) is 7.22. The molecule has 0 aliphatic rings. The van der Waals surface area contributed by atoms with E-state index in [1.54, 1.807) is 32.2 Å². The van der Waals surface area contributed by atoms with Crippen molar-refractivity contribution in [3.05, 3.63) is 39.2 Å². The van der Waals surface area contributed by atoms with E-state index in [1.165, 1.54) is 6.08 Å². The molecule has 0 spiro atoms. The lowest BCUT2D eigenvalue weighted by Gasteiger charge is -1.98. The number of nitrogens with one attached hydrogen (secondary N) is 1. The SMILES string of the molecule is CNC(C)=NS(=O)(=O)C=Cc1ccc(Cl)c(Cl)c1. The fraction of sp³-hybridized carbons (Fsp3) is 0.182. The van der Waals surface area contributed by atoms with Gasteiger partial charge in [-0.2, -0.15) is 8.42 Å². The zero-order valence-electron chi connectivity index (χ0n) is 9.81. The van der Waals surface area contributed by atoms with Crippen LogP contribution in [0.2, 0.25) is 10.0 Å². The molecule has 1 aromatic rings. The number of nitrogens with zero attached hydrogens (tertiary/aromatic N) is 1. The summed E-state index contributed by atoms with van der Waals surface area (Å²) < 4.78 is 26.6. The molecule has 0 amide bonds. The van der Waals surface area contributed by atoms with Crippen LogP contribution in [0, 0.1) is 0 Å². The molecule has 7 heteroatoms. The number of hydrogen-bond donors (Lipinski definition) is 1. The highest BCUT2D eigenvalue weighted by molar-refractivity contribution is 7.93. The third-order valence-corrected chi connectivity index (χ3v) is 3.75. The minimum atomic E-state index is -3.65. The number of halogens is 2. The van der Waals surface area contributed by atoms with Gasteiger partial charge in [0.1, 0.15) is 5.84 Å². The maximum atomic E-state index is 11.6. The van der Waals surface area contributed by atoms with Crippen molar-refractivity contribution in [2.75, 3.05) is 7.05 Å². The van der Waals surface area contributed by atoms with Gasteiger partial charge in [0, 0.05) is 7.05 Å². The first-order valence-electron chi connectivity index (χ1n) is 4.96. The number of rotatable bonds is 3. The normalized spacial score (nSPS) is 13.0. The van der Waals surface area contributed by atoms with E-state index in [9.17, 15) is 8.42 Å².